The van der Waals surface area contributed by atoms with Crippen molar-refractivity contribution in [2.75, 3.05) is 18.8 Å². The highest BCUT2D eigenvalue weighted by atomic mass is 35.5. The number of thioether (sulfide) groups is 1. The van der Waals surface area contributed by atoms with Gasteiger partial charge in [0.2, 0.25) is 5.91 Å². The Hall–Kier alpha value is -2.80. The molecule has 0 bridgehead atoms. The average Bonchev–Trinajstić information content (AvgIpc) is 3.54. The maximum Gasteiger partial charge on any atom is 0.251 e. The standard InChI is InChI=1S/C29H30ClN3O2S/c30-26-13-7-21(8-14-26)18-33-27(34)20-36-29(33)23-11-9-22(10-12-23)28(35)31-17-24-5-1-2-6-25(24)19-32-15-3-4-16-32/h1-2,5-14,29H,3-4,15-20H2,(H,31,35)/t29-/m1/s1. The van der Waals surface area contributed by atoms with E-state index in [4.69, 9.17) is 11.6 Å². The zero-order valence-electron chi connectivity index (χ0n) is 20.2. The molecule has 2 amide bonds. The molecule has 1 atom stereocenters. The van der Waals surface area contributed by atoms with Gasteiger partial charge in [-0.05, 0) is 72.5 Å². The van der Waals surface area contributed by atoms with Crippen molar-refractivity contribution in [2.45, 2.75) is 37.8 Å². The molecule has 36 heavy (non-hydrogen) atoms. The third-order valence-corrected chi connectivity index (χ3v) is 8.35. The molecule has 2 aliphatic rings. The number of halogens is 1. The van der Waals surface area contributed by atoms with Gasteiger partial charge in [-0.25, -0.2) is 0 Å². The number of benzene rings is 3. The normalized spacial score (nSPS) is 18.1. The van der Waals surface area contributed by atoms with Crippen molar-refractivity contribution in [1.29, 1.82) is 0 Å². The second-order valence-electron chi connectivity index (χ2n) is 9.37. The van der Waals surface area contributed by atoms with E-state index in [-0.39, 0.29) is 17.2 Å². The Labute approximate surface area is 221 Å². The van der Waals surface area contributed by atoms with Gasteiger partial charge in [-0.2, -0.15) is 0 Å². The number of nitrogens with zero attached hydrogens (tertiary/aromatic N) is 2. The van der Waals surface area contributed by atoms with E-state index in [0.717, 1.165) is 36.3 Å². The first-order valence-corrected chi connectivity index (χ1v) is 13.8. The van der Waals surface area contributed by atoms with Gasteiger partial charge in [-0.3, -0.25) is 14.5 Å². The van der Waals surface area contributed by atoms with Gasteiger partial charge in [0, 0.05) is 30.2 Å². The van der Waals surface area contributed by atoms with Crippen molar-refractivity contribution in [1.82, 2.24) is 15.1 Å². The zero-order chi connectivity index (χ0) is 24.9. The molecule has 2 heterocycles. The summed E-state index contributed by atoms with van der Waals surface area (Å²) in [6, 6.07) is 23.6. The molecule has 5 rings (SSSR count). The number of rotatable bonds is 8. The molecular formula is C29H30ClN3O2S. The van der Waals surface area contributed by atoms with Crippen LogP contribution >= 0.6 is 23.4 Å². The summed E-state index contributed by atoms with van der Waals surface area (Å²) in [5.74, 6) is 0.484. The van der Waals surface area contributed by atoms with E-state index < -0.39 is 0 Å². The lowest BCUT2D eigenvalue weighted by Gasteiger charge is -2.24. The van der Waals surface area contributed by atoms with Crippen LogP contribution in [0.2, 0.25) is 5.02 Å². The highest BCUT2D eigenvalue weighted by molar-refractivity contribution is 8.00. The van der Waals surface area contributed by atoms with Gasteiger partial charge in [-0.15, -0.1) is 11.8 Å². The first-order valence-electron chi connectivity index (χ1n) is 12.4. The number of amides is 2. The van der Waals surface area contributed by atoms with Crippen LogP contribution in [-0.2, 0) is 24.4 Å². The van der Waals surface area contributed by atoms with Crippen LogP contribution in [0.4, 0.5) is 0 Å². The molecule has 186 valence electrons. The van der Waals surface area contributed by atoms with Gasteiger partial charge in [-0.1, -0.05) is 60.1 Å². The number of likely N-dealkylation sites (tertiary alicyclic amines) is 1. The van der Waals surface area contributed by atoms with E-state index in [0.29, 0.717) is 29.4 Å². The van der Waals surface area contributed by atoms with E-state index in [9.17, 15) is 9.59 Å². The minimum Gasteiger partial charge on any atom is -0.348 e. The summed E-state index contributed by atoms with van der Waals surface area (Å²) < 4.78 is 0. The van der Waals surface area contributed by atoms with Crippen LogP contribution in [-0.4, -0.2) is 40.5 Å². The monoisotopic (exact) mass is 519 g/mol. The Morgan fingerprint density at radius 3 is 2.33 bits per heavy atom. The molecule has 7 heteroatoms. The van der Waals surface area contributed by atoms with Crippen LogP contribution in [0.25, 0.3) is 0 Å². The fraction of sp³-hybridized carbons (Fsp3) is 0.310. The van der Waals surface area contributed by atoms with Crippen LogP contribution in [0.1, 0.15) is 50.8 Å². The summed E-state index contributed by atoms with van der Waals surface area (Å²) in [5.41, 5.74) is 5.12. The summed E-state index contributed by atoms with van der Waals surface area (Å²) in [5, 5.41) is 3.70. The Bertz CT molecular complexity index is 1210. The van der Waals surface area contributed by atoms with E-state index in [2.05, 4.69) is 28.4 Å². The quantitative estimate of drug-likeness (QED) is 0.418. The summed E-state index contributed by atoms with van der Waals surface area (Å²) in [6.45, 7) is 4.27. The molecule has 0 unspecified atom stereocenters. The minimum atomic E-state index is -0.0919. The molecule has 5 nitrogen and oxygen atoms in total. The van der Waals surface area contributed by atoms with Crippen molar-refractivity contribution in [3.8, 4) is 0 Å². The van der Waals surface area contributed by atoms with E-state index in [1.165, 1.54) is 18.4 Å². The third-order valence-electron chi connectivity index (χ3n) is 6.84. The number of hydrogen-bond acceptors (Lipinski definition) is 4. The van der Waals surface area contributed by atoms with Crippen molar-refractivity contribution in [3.63, 3.8) is 0 Å². The van der Waals surface area contributed by atoms with E-state index >= 15 is 0 Å². The molecule has 0 aromatic heterocycles. The van der Waals surface area contributed by atoms with Gasteiger partial charge in [0.15, 0.2) is 0 Å². The zero-order valence-corrected chi connectivity index (χ0v) is 21.7. The van der Waals surface area contributed by atoms with Gasteiger partial charge in [0.05, 0.1) is 5.75 Å². The molecule has 0 radical (unpaired) electrons. The van der Waals surface area contributed by atoms with Crippen molar-refractivity contribution < 1.29 is 9.59 Å². The van der Waals surface area contributed by atoms with Crippen molar-refractivity contribution >= 4 is 35.2 Å². The van der Waals surface area contributed by atoms with Crippen molar-refractivity contribution in [2.24, 2.45) is 0 Å². The number of carbonyl (C=O) groups is 2. The Morgan fingerprint density at radius 1 is 0.917 bits per heavy atom. The Kier molecular flexibility index (Phi) is 7.95. The van der Waals surface area contributed by atoms with Gasteiger partial charge in [0.25, 0.3) is 5.91 Å². The minimum absolute atomic E-state index is 0.0669. The van der Waals surface area contributed by atoms with Crippen LogP contribution in [0, 0.1) is 0 Å². The summed E-state index contributed by atoms with van der Waals surface area (Å²) >= 11 is 7.62. The van der Waals surface area contributed by atoms with Crippen LogP contribution < -0.4 is 5.32 Å². The molecule has 3 aromatic carbocycles. The molecule has 0 saturated carbocycles. The number of carbonyl (C=O) groups excluding carboxylic acids is 2. The summed E-state index contributed by atoms with van der Waals surface area (Å²) in [4.78, 5) is 29.8. The lowest BCUT2D eigenvalue weighted by atomic mass is 10.1. The van der Waals surface area contributed by atoms with Crippen LogP contribution in [0.5, 0.6) is 0 Å². The maximum absolute atomic E-state index is 12.9. The largest absolute Gasteiger partial charge is 0.348 e. The van der Waals surface area contributed by atoms with E-state index in [1.54, 1.807) is 11.8 Å². The fourth-order valence-corrected chi connectivity index (χ4v) is 6.14. The average molecular weight is 520 g/mol. The predicted octanol–water partition coefficient (Wildman–Crippen LogP) is 5.64. The highest BCUT2D eigenvalue weighted by Gasteiger charge is 2.32. The molecule has 2 fully saturated rings. The van der Waals surface area contributed by atoms with Gasteiger partial charge < -0.3 is 10.2 Å². The molecule has 1 N–H and O–H groups in total. The molecular weight excluding hydrogens is 490 g/mol. The lowest BCUT2D eigenvalue weighted by Crippen LogP contribution is -2.28. The lowest BCUT2D eigenvalue weighted by molar-refractivity contribution is -0.128. The van der Waals surface area contributed by atoms with Gasteiger partial charge in [0.1, 0.15) is 5.37 Å². The predicted molar refractivity (Wildman–Crippen MR) is 146 cm³/mol. The number of hydrogen-bond donors (Lipinski definition) is 1. The molecule has 2 aliphatic heterocycles. The Morgan fingerprint density at radius 2 is 1.61 bits per heavy atom. The molecule has 2 saturated heterocycles. The van der Waals surface area contributed by atoms with Crippen LogP contribution in [0.3, 0.4) is 0 Å². The van der Waals surface area contributed by atoms with Crippen LogP contribution in [0.15, 0.2) is 72.8 Å². The first-order chi connectivity index (χ1) is 17.6. The highest BCUT2D eigenvalue weighted by Crippen LogP contribution is 2.39. The first kappa shape index (κ1) is 24.9. The SMILES string of the molecule is O=C(NCc1ccccc1CN1CCCC1)c1ccc([C@H]2SCC(=O)N2Cc2ccc(Cl)cc2)cc1. The Balaban J connectivity index is 1.21. The second kappa shape index (κ2) is 11.5. The maximum atomic E-state index is 12.9. The summed E-state index contributed by atoms with van der Waals surface area (Å²) in [6.07, 6.45) is 2.53. The number of nitrogens with one attached hydrogen (secondary N) is 1. The third kappa shape index (κ3) is 5.94. The molecule has 0 aliphatic carbocycles. The van der Waals surface area contributed by atoms with Gasteiger partial charge >= 0.3 is 0 Å². The second-order valence-corrected chi connectivity index (χ2v) is 10.9. The topological polar surface area (TPSA) is 52.7 Å². The van der Waals surface area contributed by atoms with Crippen molar-refractivity contribution in [3.05, 3.63) is 106 Å². The summed E-state index contributed by atoms with van der Waals surface area (Å²) in [7, 11) is 0. The molecule has 3 aromatic rings. The smallest absolute Gasteiger partial charge is 0.251 e. The van der Waals surface area contributed by atoms with E-state index in [1.807, 2.05) is 59.5 Å². The fourth-order valence-electron chi connectivity index (χ4n) is 4.83. The molecule has 0 spiro atoms.